The molecule has 26 heavy (non-hydrogen) atoms. The van der Waals surface area contributed by atoms with Gasteiger partial charge in [0.1, 0.15) is 6.61 Å². The van der Waals surface area contributed by atoms with Crippen LogP contribution in [0.4, 0.5) is 0 Å². The first-order valence-electron chi connectivity index (χ1n) is 9.17. The Labute approximate surface area is 154 Å². The molecule has 142 valence electrons. The van der Waals surface area contributed by atoms with Gasteiger partial charge in [0.15, 0.2) is 11.5 Å². The zero-order valence-electron chi connectivity index (χ0n) is 15.6. The van der Waals surface area contributed by atoms with Gasteiger partial charge in [-0.1, -0.05) is 12.1 Å². The molecule has 0 radical (unpaired) electrons. The lowest BCUT2D eigenvalue weighted by atomic mass is 10.2. The van der Waals surface area contributed by atoms with Crippen molar-refractivity contribution in [1.29, 1.82) is 0 Å². The Morgan fingerprint density at radius 1 is 1.08 bits per heavy atom. The van der Waals surface area contributed by atoms with Crippen molar-refractivity contribution in [2.24, 2.45) is 0 Å². The number of fused-ring (bicyclic) bond motifs is 1. The van der Waals surface area contributed by atoms with Gasteiger partial charge >= 0.3 is 0 Å². The first-order valence-corrected chi connectivity index (χ1v) is 9.17. The smallest absolute Gasteiger partial charge is 0.267 e. The van der Waals surface area contributed by atoms with E-state index in [1.165, 1.54) is 0 Å². The molecule has 0 saturated carbocycles. The molecule has 2 atom stereocenters. The van der Waals surface area contributed by atoms with Crippen LogP contribution in [-0.2, 0) is 9.59 Å². The van der Waals surface area contributed by atoms with Crippen LogP contribution in [0.15, 0.2) is 24.3 Å². The average Bonchev–Trinajstić information content (AvgIpc) is 2.66. The number of rotatable bonds is 4. The molecule has 7 heteroatoms. The highest BCUT2D eigenvalue weighted by Crippen LogP contribution is 2.31. The van der Waals surface area contributed by atoms with Crippen LogP contribution in [-0.4, -0.2) is 72.6 Å². The summed E-state index contributed by atoms with van der Waals surface area (Å²) in [4.78, 5) is 28.8. The van der Waals surface area contributed by atoms with Crippen LogP contribution in [0.5, 0.6) is 11.5 Å². The van der Waals surface area contributed by atoms with Gasteiger partial charge in [0.05, 0.1) is 6.04 Å². The number of hydrogen-bond donors (Lipinski definition) is 1. The number of carbonyl (C=O) groups excluding carboxylic acids is 2. The highest BCUT2D eigenvalue weighted by Gasteiger charge is 2.34. The standard InChI is InChI=1S/C19H27N3O4/c1-13(2)20-18(23)14(3)21-8-10-22(11-9-21)19(24)17-12-25-15-6-4-5-7-16(15)26-17/h4-7,13-14,17H,8-12H2,1-3H3,(H,20,23)/t14-,17+/m0/s1. The van der Waals surface area contributed by atoms with E-state index in [1.807, 2.05) is 45.0 Å². The Balaban J connectivity index is 1.52. The second-order valence-electron chi connectivity index (χ2n) is 7.06. The van der Waals surface area contributed by atoms with Gasteiger partial charge in [-0.3, -0.25) is 14.5 Å². The Morgan fingerprint density at radius 2 is 1.73 bits per heavy atom. The molecule has 2 aliphatic rings. The van der Waals surface area contributed by atoms with Gasteiger partial charge in [-0.2, -0.15) is 0 Å². The lowest BCUT2D eigenvalue weighted by molar-refractivity contribution is -0.143. The van der Waals surface area contributed by atoms with Crippen LogP contribution in [0.2, 0.25) is 0 Å². The zero-order valence-corrected chi connectivity index (χ0v) is 15.6. The van der Waals surface area contributed by atoms with Gasteiger partial charge < -0.3 is 19.7 Å². The van der Waals surface area contributed by atoms with Crippen molar-refractivity contribution in [2.45, 2.75) is 39.0 Å². The average molecular weight is 361 g/mol. The Morgan fingerprint density at radius 3 is 2.38 bits per heavy atom. The Kier molecular flexibility index (Phi) is 5.66. The molecule has 2 amide bonds. The highest BCUT2D eigenvalue weighted by atomic mass is 16.6. The molecule has 3 rings (SSSR count). The van der Waals surface area contributed by atoms with Crippen LogP contribution in [0, 0.1) is 0 Å². The summed E-state index contributed by atoms with van der Waals surface area (Å²) in [6.45, 7) is 8.54. The van der Waals surface area contributed by atoms with E-state index < -0.39 is 6.10 Å². The number of amides is 2. The maximum atomic E-state index is 12.7. The summed E-state index contributed by atoms with van der Waals surface area (Å²) >= 11 is 0. The second-order valence-corrected chi connectivity index (χ2v) is 7.06. The fourth-order valence-corrected chi connectivity index (χ4v) is 3.25. The highest BCUT2D eigenvalue weighted by molar-refractivity contribution is 5.83. The summed E-state index contributed by atoms with van der Waals surface area (Å²) in [6, 6.07) is 7.30. The molecule has 1 aromatic carbocycles. The van der Waals surface area contributed by atoms with Crippen molar-refractivity contribution < 1.29 is 19.1 Å². The first kappa shape index (κ1) is 18.5. The predicted molar refractivity (Wildman–Crippen MR) is 97.2 cm³/mol. The maximum absolute atomic E-state index is 12.7. The molecule has 0 aromatic heterocycles. The number of ether oxygens (including phenoxy) is 2. The molecule has 0 spiro atoms. The van der Waals surface area contributed by atoms with Gasteiger partial charge in [0.25, 0.3) is 5.91 Å². The van der Waals surface area contributed by atoms with Crippen LogP contribution in [0.25, 0.3) is 0 Å². The summed E-state index contributed by atoms with van der Waals surface area (Å²) in [7, 11) is 0. The van der Waals surface area contributed by atoms with Gasteiger partial charge in [0, 0.05) is 32.2 Å². The largest absolute Gasteiger partial charge is 0.485 e. The minimum Gasteiger partial charge on any atom is -0.485 e. The number of piperazine rings is 1. The predicted octanol–water partition coefficient (Wildman–Crippen LogP) is 0.884. The third-order valence-corrected chi connectivity index (χ3v) is 4.77. The SMILES string of the molecule is CC(C)NC(=O)[C@H](C)N1CCN(C(=O)[C@H]2COc3ccccc3O2)CC1. The van der Waals surface area contributed by atoms with Crippen LogP contribution in [0.3, 0.4) is 0 Å². The van der Waals surface area contributed by atoms with Gasteiger partial charge in [-0.15, -0.1) is 0 Å². The molecular formula is C19H27N3O4. The van der Waals surface area contributed by atoms with E-state index in [-0.39, 0.29) is 30.5 Å². The van der Waals surface area contributed by atoms with E-state index in [4.69, 9.17) is 9.47 Å². The molecule has 0 aliphatic carbocycles. The van der Waals surface area contributed by atoms with Crippen molar-refractivity contribution in [3.8, 4) is 11.5 Å². The van der Waals surface area contributed by atoms with E-state index in [0.29, 0.717) is 37.7 Å². The third kappa shape index (κ3) is 4.09. The topological polar surface area (TPSA) is 71.1 Å². The normalized spacial score (nSPS) is 21.4. The molecule has 7 nitrogen and oxygen atoms in total. The lowest BCUT2D eigenvalue weighted by Crippen LogP contribution is -2.58. The van der Waals surface area contributed by atoms with Gasteiger partial charge in [-0.25, -0.2) is 0 Å². The van der Waals surface area contributed by atoms with E-state index in [0.717, 1.165) is 0 Å². The first-order chi connectivity index (χ1) is 12.5. The summed E-state index contributed by atoms with van der Waals surface area (Å²) in [6.07, 6.45) is -0.613. The van der Waals surface area contributed by atoms with Gasteiger partial charge in [0.2, 0.25) is 12.0 Å². The number of hydrogen-bond acceptors (Lipinski definition) is 5. The van der Waals surface area contributed by atoms with E-state index in [2.05, 4.69) is 10.2 Å². The van der Waals surface area contributed by atoms with Gasteiger partial charge in [-0.05, 0) is 32.9 Å². The van der Waals surface area contributed by atoms with Crippen molar-refractivity contribution in [2.75, 3.05) is 32.8 Å². The molecule has 2 heterocycles. The minimum absolute atomic E-state index is 0.0281. The van der Waals surface area contributed by atoms with Crippen molar-refractivity contribution in [3.63, 3.8) is 0 Å². The summed E-state index contributed by atoms with van der Waals surface area (Å²) in [5.74, 6) is 1.25. The van der Waals surface area contributed by atoms with E-state index in [9.17, 15) is 9.59 Å². The molecule has 0 unspecified atom stereocenters. The van der Waals surface area contributed by atoms with Crippen LogP contribution in [0.1, 0.15) is 20.8 Å². The van der Waals surface area contributed by atoms with Crippen molar-refractivity contribution in [1.82, 2.24) is 15.1 Å². The molecule has 0 bridgehead atoms. The molecule has 1 saturated heterocycles. The van der Waals surface area contributed by atoms with Crippen molar-refractivity contribution in [3.05, 3.63) is 24.3 Å². The minimum atomic E-state index is -0.613. The fraction of sp³-hybridized carbons (Fsp3) is 0.579. The number of nitrogens with one attached hydrogen (secondary N) is 1. The van der Waals surface area contributed by atoms with E-state index in [1.54, 1.807) is 4.90 Å². The molecule has 1 fully saturated rings. The number of nitrogens with zero attached hydrogens (tertiary/aromatic N) is 2. The molecule has 1 N–H and O–H groups in total. The number of carbonyl (C=O) groups is 2. The quantitative estimate of drug-likeness (QED) is 0.862. The van der Waals surface area contributed by atoms with Crippen LogP contribution >= 0.6 is 0 Å². The monoisotopic (exact) mass is 361 g/mol. The third-order valence-electron chi connectivity index (χ3n) is 4.77. The molecule has 2 aliphatic heterocycles. The summed E-state index contributed by atoms with van der Waals surface area (Å²) < 4.78 is 11.4. The Hall–Kier alpha value is -2.28. The molecular weight excluding hydrogens is 334 g/mol. The number of para-hydroxylation sites is 2. The lowest BCUT2D eigenvalue weighted by Gasteiger charge is -2.39. The van der Waals surface area contributed by atoms with Crippen molar-refractivity contribution >= 4 is 11.8 Å². The summed E-state index contributed by atoms with van der Waals surface area (Å²) in [5.41, 5.74) is 0. The fourth-order valence-electron chi connectivity index (χ4n) is 3.25. The van der Waals surface area contributed by atoms with Crippen LogP contribution < -0.4 is 14.8 Å². The second kappa shape index (κ2) is 7.95. The zero-order chi connectivity index (χ0) is 18.7. The maximum Gasteiger partial charge on any atom is 0.267 e. The number of benzene rings is 1. The summed E-state index contributed by atoms with van der Waals surface area (Å²) in [5, 5.41) is 2.94. The van der Waals surface area contributed by atoms with E-state index >= 15 is 0 Å². The molecule has 1 aromatic rings. The Bertz CT molecular complexity index is 656.